The molecule has 2 N–H and O–H groups in total. The lowest BCUT2D eigenvalue weighted by Gasteiger charge is -2.20. The molecule has 0 amide bonds. The molecule has 128 valence electrons. The molecule has 3 rings (SSSR count). The van der Waals surface area contributed by atoms with Crippen LogP contribution in [0.2, 0.25) is 0 Å². The second-order valence-electron chi connectivity index (χ2n) is 5.86. The van der Waals surface area contributed by atoms with Crippen LogP contribution in [0.3, 0.4) is 0 Å². The van der Waals surface area contributed by atoms with E-state index >= 15 is 0 Å². The molecule has 0 spiro atoms. The Hall–Kier alpha value is -2.56. The van der Waals surface area contributed by atoms with Crippen LogP contribution in [0.5, 0.6) is 0 Å². The van der Waals surface area contributed by atoms with E-state index in [-0.39, 0.29) is 24.0 Å². The van der Waals surface area contributed by atoms with Gasteiger partial charge in [-0.25, -0.2) is 8.78 Å². The van der Waals surface area contributed by atoms with Gasteiger partial charge >= 0.3 is 0 Å². The number of aliphatic hydroxyl groups is 1. The predicted molar refractivity (Wildman–Crippen MR) is 93.8 cm³/mol. The zero-order chi connectivity index (χ0) is 17.6. The predicted octanol–water partition coefficient (Wildman–Crippen LogP) is 4.34. The van der Waals surface area contributed by atoms with Crippen LogP contribution in [-0.2, 0) is 13.2 Å². The van der Waals surface area contributed by atoms with E-state index in [0.29, 0.717) is 6.54 Å². The number of rotatable bonds is 6. The second-order valence-corrected chi connectivity index (χ2v) is 5.86. The molecule has 3 aromatic carbocycles. The number of hydrogen-bond donors (Lipinski definition) is 2. The Labute approximate surface area is 145 Å². The van der Waals surface area contributed by atoms with E-state index in [4.69, 9.17) is 0 Å². The zero-order valence-electron chi connectivity index (χ0n) is 13.6. The van der Waals surface area contributed by atoms with Crippen LogP contribution in [0.1, 0.15) is 28.3 Å². The first kappa shape index (κ1) is 17.3. The number of nitrogens with one attached hydrogen (secondary N) is 1. The van der Waals surface area contributed by atoms with E-state index in [1.807, 2.05) is 30.3 Å². The van der Waals surface area contributed by atoms with Gasteiger partial charge in [-0.3, -0.25) is 0 Å². The van der Waals surface area contributed by atoms with E-state index < -0.39 is 5.82 Å². The maximum absolute atomic E-state index is 13.5. The Kier molecular flexibility index (Phi) is 5.53. The fraction of sp³-hybridized carbons (Fsp3) is 0.143. The molecule has 0 radical (unpaired) electrons. The topological polar surface area (TPSA) is 32.3 Å². The minimum atomic E-state index is -0.413. The smallest absolute Gasteiger partial charge is 0.128 e. The Bertz CT molecular complexity index is 819. The van der Waals surface area contributed by atoms with Gasteiger partial charge in [0.2, 0.25) is 0 Å². The van der Waals surface area contributed by atoms with Crippen molar-refractivity contribution in [2.24, 2.45) is 0 Å². The summed E-state index contributed by atoms with van der Waals surface area (Å²) in [5, 5.41) is 12.6. The van der Waals surface area contributed by atoms with Crippen LogP contribution >= 0.6 is 0 Å². The van der Waals surface area contributed by atoms with Gasteiger partial charge in [0.15, 0.2) is 0 Å². The molecule has 0 aliphatic carbocycles. The lowest BCUT2D eigenvalue weighted by Crippen LogP contribution is -2.22. The molecule has 0 saturated heterocycles. The molecule has 1 atom stereocenters. The summed E-state index contributed by atoms with van der Waals surface area (Å²) in [4.78, 5) is 0. The highest BCUT2D eigenvalue weighted by molar-refractivity contribution is 5.32. The quantitative estimate of drug-likeness (QED) is 0.700. The monoisotopic (exact) mass is 339 g/mol. The Morgan fingerprint density at radius 2 is 1.52 bits per heavy atom. The average molecular weight is 339 g/mol. The summed E-state index contributed by atoms with van der Waals surface area (Å²) in [6.45, 7) is 0.157. The fourth-order valence-electron chi connectivity index (χ4n) is 2.81. The highest BCUT2D eigenvalue weighted by Gasteiger charge is 2.14. The van der Waals surface area contributed by atoms with Gasteiger partial charge in [-0.2, -0.15) is 0 Å². The molecule has 3 aromatic rings. The van der Waals surface area contributed by atoms with Crippen molar-refractivity contribution < 1.29 is 13.9 Å². The molecule has 4 heteroatoms. The van der Waals surface area contributed by atoms with Gasteiger partial charge in [-0.15, -0.1) is 0 Å². The highest BCUT2D eigenvalue weighted by Crippen LogP contribution is 2.23. The summed E-state index contributed by atoms with van der Waals surface area (Å²) in [7, 11) is 0. The van der Waals surface area contributed by atoms with Crippen LogP contribution in [0, 0.1) is 11.6 Å². The maximum atomic E-state index is 13.5. The van der Waals surface area contributed by atoms with Gasteiger partial charge in [0.1, 0.15) is 11.6 Å². The molecular formula is C21H19F2NO. The van der Waals surface area contributed by atoms with Crippen molar-refractivity contribution in [2.75, 3.05) is 0 Å². The summed E-state index contributed by atoms with van der Waals surface area (Å²) in [5.74, 6) is -0.689. The lowest BCUT2D eigenvalue weighted by atomic mass is 9.98. The van der Waals surface area contributed by atoms with Gasteiger partial charge in [0.25, 0.3) is 0 Å². The van der Waals surface area contributed by atoms with E-state index in [1.54, 1.807) is 24.3 Å². The first-order valence-corrected chi connectivity index (χ1v) is 8.09. The Morgan fingerprint density at radius 3 is 2.20 bits per heavy atom. The highest BCUT2D eigenvalue weighted by atomic mass is 19.1. The molecule has 0 heterocycles. The van der Waals surface area contributed by atoms with E-state index in [2.05, 4.69) is 5.32 Å². The van der Waals surface area contributed by atoms with Crippen molar-refractivity contribution in [2.45, 2.75) is 19.2 Å². The average Bonchev–Trinajstić information content (AvgIpc) is 2.65. The van der Waals surface area contributed by atoms with Crippen LogP contribution in [-0.4, -0.2) is 5.11 Å². The van der Waals surface area contributed by atoms with Gasteiger partial charge in [-0.05, 0) is 41.0 Å². The first-order valence-electron chi connectivity index (χ1n) is 8.09. The summed E-state index contributed by atoms with van der Waals surface area (Å²) in [5.41, 5.74) is 3.14. The number of benzene rings is 3. The van der Waals surface area contributed by atoms with Gasteiger partial charge < -0.3 is 10.4 Å². The summed E-state index contributed by atoms with van der Waals surface area (Å²) >= 11 is 0. The number of aliphatic hydroxyl groups excluding tert-OH is 1. The minimum absolute atomic E-state index is 0.121. The van der Waals surface area contributed by atoms with Crippen molar-refractivity contribution in [3.63, 3.8) is 0 Å². The number of hydrogen-bond acceptors (Lipinski definition) is 2. The third-order valence-electron chi connectivity index (χ3n) is 4.13. The normalized spacial score (nSPS) is 12.1. The fourth-order valence-corrected chi connectivity index (χ4v) is 2.81. The molecular weight excluding hydrogens is 320 g/mol. The Balaban J connectivity index is 1.84. The number of halogens is 2. The summed E-state index contributed by atoms with van der Waals surface area (Å²) in [6, 6.07) is 20.8. The second kappa shape index (κ2) is 8.01. The van der Waals surface area contributed by atoms with Gasteiger partial charge in [-0.1, -0.05) is 48.5 Å². The van der Waals surface area contributed by atoms with Gasteiger partial charge in [0, 0.05) is 12.1 Å². The van der Waals surface area contributed by atoms with Crippen LogP contribution in [0.4, 0.5) is 8.78 Å². The molecule has 0 saturated carbocycles. The van der Waals surface area contributed by atoms with Crippen molar-refractivity contribution >= 4 is 0 Å². The van der Waals surface area contributed by atoms with Crippen molar-refractivity contribution in [3.8, 4) is 0 Å². The standard InChI is InChI=1S/C21H19F2NO/c22-19-9-7-17(8-10-19)21(16-4-2-1-3-5-16)24-13-15-6-11-20(23)18(12-15)14-25/h1-12,21,24-25H,13-14H2. The summed E-state index contributed by atoms with van der Waals surface area (Å²) < 4.78 is 26.8. The van der Waals surface area contributed by atoms with Crippen LogP contribution in [0.25, 0.3) is 0 Å². The third-order valence-corrected chi connectivity index (χ3v) is 4.13. The van der Waals surface area contributed by atoms with E-state index in [1.165, 1.54) is 18.2 Å². The molecule has 0 aliphatic heterocycles. The molecule has 1 unspecified atom stereocenters. The maximum Gasteiger partial charge on any atom is 0.128 e. The van der Waals surface area contributed by atoms with E-state index in [0.717, 1.165) is 16.7 Å². The molecule has 25 heavy (non-hydrogen) atoms. The van der Waals surface area contributed by atoms with Crippen molar-refractivity contribution in [1.82, 2.24) is 5.32 Å². The van der Waals surface area contributed by atoms with E-state index in [9.17, 15) is 13.9 Å². The minimum Gasteiger partial charge on any atom is -0.392 e. The van der Waals surface area contributed by atoms with Crippen LogP contribution < -0.4 is 5.32 Å². The lowest BCUT2D eigenvalue weighted by molar-refractivity contribution is 0.275. The molecule has 0 aliphatic rings. The van der Waals surface area contributed by atoms with Crippen molar-refractivity contribution in [3.05, 3.63) is 107 Å². The molecule has 0 fully saturated rings. The molecule has 0 aromatic heterocycles. The Morgan fingerprint density at radius 1 is 0.840 bits per heavy atom. The molecule has 2 nitrogen and oxygen atoms in total. The molecule has 0 bridgehead atoms. The van der Waals surface area contributed by atoms with Crippen molar-refractivity contribution in [1.29, 1.82) is 0 Å². The largest absolute Gasteiger partial charge is 0.392 e. The first-order chi connectivity index (χ1) is 12.2. The third kappa shape index (κ3) is 4.29. The zero-order valence-corrected chi connectivity index (χ0v) is 13.6. The van der Waals surface area contributed by atoms with Crippen LogP contribution in [0.15, 0.2) is 72.8 Å². The van der Waals surface area contributed by atoms with Gasteiger partial charge in [0.05, 0.1) is 12.6 Å². The summed E-state index contributed by atoms with van der Waals surface area (Å²) in [6.07, 6.45) is 0. The SMILES string of the molecule is OCc1cc(CNC(c2ccccc2)c2ccc(F)cc2)ccc1F.